The van der Waals surface area contributed by atoms with Gasteiger partial charge in [0.1, 0.15) is 28.6 Å². The average molecular weight is 641 g/mol. The fraction of sp³-hybridized carbons (Fsp3) is 0.735. The van der Waals surface area contributed by atoms with Crippen molar-refractivity contribution >= 4 is 25.2 Å². The molecule has 0 aromatic heterocycles. The highest BCUT2D eigenvalue weighted by molar-refractivity contribution is 6.49. The van der Waals surface area contributed by atoms with Gasteiger partial charge in [-0.25, -0.2) is 9.59 Å². The zero-order valence-corrected chi connectivity index (χ0v) is 28.6. The standard InChI is InChI=1S/C34H49BN2O9/c1-31(2,3)43-29(39)27-23(41-19-15-37(16-19)17-26(36)38)11-10-20(28(27)42-30(40)44-32(4,5)6)21-14-22(21)35-45-25-13-18-12-24(33(18,7)8)34(25,9)46-35/h10-11,18-19,21-22,24-25H,12-17H2,1-9H3,(H2,36,38)/t18-,21?,22?,24-,25?,34-/m0/s1. The van der Waals surface area contributed by atoms with E-state index in [1.54, 1.807) is 47.6 Å². The van der Waals surface area contributed by atoms with Crippen molar-refractivity contribution < 1.29 is 42.6 Å². The van der Waals surface area contributed by atoms with E-state index in [2.05, 4.69) is 20.8 Å². The van der Waals surface area contributed by atoms with Crippen LogP contribution in [0.4, 0.5) is 4.79 Å². The molecular formula is C34H49BN2O9. The van der Waals surface area contributed by atoms with E-state index in [0.717, 1.165) is 12.8 Å². The largest absolute Gasteiger partial charge is 0.514 e. The fourth-order valence-electron chi connectivity index (χ4n) is 8.04. The van der Waals surface area contributed by atoms with Crippen LogP contribution in [0.5, 0.6) is 11.5 Å². The number of nitrogens with zero attached hydrogens (tertiary/aromatic N) is 1. The molecule has 4 aliphatic carbocycles. The van der Waals surface area contributed by atoms with Crippen molar-refractivity contribution in [3.05, 3.63) is 23.3 Å². The first-order valence-corrected chi connectivity index (χ1v) is 16.6. The number of hydrogen-bond acceptors (Lipinski definition) is 10. The molecule has 4 saturated carbocycles. The number of likely N-dealkylation sites (tertiary alicyclic amines) is 1. The molecule has 3 unspecified atom stereocenters. The normalized spacial score (nSPS) is 31.7. The molecule has 2 heterocycles. The van der Waals surface area contributed by atoms with Gasteiger partial charge in [-0.2, -0.15) is 0 Å². The van der Waals surface area contributed by atoms with Gasteiger partial charge < -0.3 is 34.0 Å². The number of hydrogen-bond donors (Lipinski definition) is 1. The van der Waals surface area contributed by atoms with Crippen LogP contribution in [0.2, 0.25) is 5.82 Å². The average Bonchev–Trinajstić information content (AvgIpc) is 3.58. The quantitative estimate of drug-likeness (QED) is 0.233. The number of nitrogens with two attached hydrogens (primary N) is 1. The fourth-order valence-corrected chi connectivity index (χ4v) is 8.04. The zero-order chi connectivity index (χ0) is 33.6. The monoisotopic (exact) mass is 640 g/mol. The molecule has 0 spiro atoms. The second kappa shape index (κ2) is 11.1. The van der Waals surface area contributed by atoms with E-state index < -0.39 is 36.4 Å². The van der Waals surface area contributed by atoms with E-state index in [0.29, 0.717) is 30.5 Å². The molecule has 2 N–H and O–H groups in total. The lowest BCUT2D eigenvalue weighted by atomic mass is 9.43. The zero-order valence-electron chi connectivity index (χ0n) is 28.6. The maximum atomic E-state index is 13.9. The smallest absolute Gasteiger partial charge is 0.487 e. The molecule has 12 heteroatoms. The first kappa shape index (κ1) is 33.1. The van der Waals surface area contributed by atoms with E-state index in [4.69, 9.17) is 34.0 Å². The topological polar surface area (TPSA) is 136 Å². The maximum Gasteiger partial charge on any atom is 0.514 e. The van der Waals surface area contributed by atoms with Crippen LogP contribution in [0.1, 0.15) is 103 Å². The van der Waals surface area contributed by atoms with Gasteiger partial charge in [-0.05, 0) is 103 Å². The number of benzene rings is 1. The Labute approximate surface area is 272 Å². The molecule has 0 radical (unpaired) electrons. The second-order valence-electron chi connectivity index (χ2n) is 16.7. The summed E-state index contributed by atoms with van der Waals surface area (Å²) in [5.41, 5.74) is 4.29. The number of carbonyl (C=O) groups is 3. The van der Waals surface area contributed by atoms with Gasteiger partial charge in [0.05, 0.1) is 18.2 Å². The minimum absolute atomic E-state index is 0.0220. The minimum atomic E-state index is -0.932. The Bertz CT molecular complexity index is 1410. The first-order chi connectivity index (χ1) is 21.2. The third-order valence-corrected chi connectivity index (χ3v) is 10.5. The summed E-state index contributed by atoms with van der Waals surface area (Å²) in [7, 11) is -0.392. The predicted molar refractivity (Wildman–Crippen MR) is 170 cm³/mol. The van der Waals surface area contributed by atoms with Crippen molar-refractivity contribution in [3.8, 4) is 11.5 Å². The van der Waals surface area contributed by atoms with E-state index in [1.165, 1.54) is 6.42 Å². The van der Waals surface area contributed by atoms with Crippen LogP contribution in [-0.2, 0) is 23.6 Å². The van der Waals surface area contributed by atoms with Crippen molar-refractivity contribution in [2.24, 2.45) is 23.0 Å². The Morgan fingerprint density at radius 2 is 1.67 bits per heavy atom. The van der Waals surface area contributed by atoms with Crippen LogP contribution in [0, 0.1) is 17.3 Å². The highest BCUT2D eigenvalue weighted by Crippen LogP contribution is 2.68. The van der Waals surface area contributed by atoms with Crippen molar-refractivity contribution in [2.45, 2.75) is 122 Å². The van der Waals surface area contributed by atoms with Gasteiger partial charge in [-0.1, -0.05) is 19.9 Å². The molecule has 2 bridgehead atoms. The molecule has 1 aromatic carbocycles. The maximum absolute atomic E-state index is 13.9. The van der Waals surface area contributed by atoms with Gasteiger partial charge in [0.25, 0.3) is 0 Å². The molecule has 11 nitrogen and oxygen atoms in total. The number of amides is 1. The first-order valence-electron chi connectivity index (χ1n) is 16.6. The number of carbonyl (C=O) groups excluding carboxylic acids is 3. The van der Waals surface area contributed by atoms with Gasteiger partial charge in [0.2, 0.25) is 5.91 Å². The van der Waals surface area contributed by atoms with E-state index in [1.807, 2.05) is 11.0 Å². The highest BCUT2D eigenvalue weighted by Gasteiger charge is 2.70. The van der Waals surface area contributed by atoms with Crippen LogP contribution in [-0.4, -0.2) is 78.7 Å². The van der Waals surface area contributed by atoms with Gasteiger partial charge >= 0.3 is 19.2 Å². The number of ether oxygens (including phenoxy) is 4. The Morgan fingerprint density at radius 3 is 2.28 bits per heavy atom. The molecule has 6 atom stereocenters. The summed E-state index contributed by atoms with van der Waals surface area (Å²) < 4.78 is 36.9. The van der Waals surface area contributed by atoms with Crippen LogP contribution in [0.15, 0.2) is 12.1 Å². The van der Waals surface area contributed by atoms with Crippen molar-refractivity contribution in [1.82, 2.24) is 4.90 Å². The summed E-state index contributed by atoms with van der Waals surface area (Å²) in [5.74, 6) is 0.214. The van der Waals surface area contributed by atoms with Crippen LogP contribution >= 0.6 is 0 Å². The summed E-state index contributed by atoms with van der Waals surface area (Å²) in [4.78, 5) is 40.2. The van der Waals surface area contributed by atoms with Crippen LogP contribution in [0.25, 0.3) is 0 Å². The van der Waals surface area contributed by atoms with Gasteiger partial charge in [-0.3, -0.25) is 9.69 Å². The molecular weight excluding hydrogens is 591 g/mol. The summed E-state index contributed by atoms with van der Waals surface area (Å²) in [6, 6.07) is 3.58. The summed E-state index contributed by atoms with van der Waals surface area (Å²) >= 11 is 0. The Morgan fingerprint density at radius 1 is 1.00 bits per heavy atom. The van der Waals surface area contributed by atoms with Gasteiger partial charge in [0.15, 0.2) is 5.75 Å². The number of primary amides is 1. The third kappa shape index (κ3) is 6.24. The summed E-state index contributed by atoms with van der Waals surface area (Å²) in [6.07, 6.45) is 1.73. The Hall–Kier alpha value is -2.83. The Kier molecular flexibility index (Phi) is 8.00. The van der Waals surface area contributed by atoms with Gasteiger partial charge in [-0.15, -0.1) is 0 Å². The SMILES string of the molecule is CC(C)(C)OC(=O)Oc1c(C2CC2B2OC3C[C@@H]4C[C@@H](C4(C)C)[C@]3(C)O2)ccc(OC2CN(CC(N)=O)C2)c1C(=O)OC(C)(C)C. The van der Waals surface area contributed by atoms with E-state index in [9.17, 15) is 14.4 Å². The lowest BCUT2D eigenvalue weighted by Crippen LogP contribution is -2.65. The van der Waals surface area contributed by atoms with Crippen molar-refractivity contribution in [1.29, 1.82) is 0 Å². The van der Waals surface area contributed by atoms with E-state index >= 15 is 0 Å². The Balaban J connectivity index is 1.30. The number of rotatable bonds is 8. The molecule has 7 rings (SSSR count). The van der Waals surface area contributed by atoms with E-state index in [-0.39, 0.29) is 58.6 Å². The van der Waals surface area contributed by atoms with Gasteiger partial charge in [0, 0.05) is 18.9 Å². The summed E-state index contributed by atoms with van der Waals surface area (Å²) in [6.45, 7) is 18.5. The molecule has 46 heavy (non-hydrogen) atoms. The molecule has 1 aromatic rings. The molecule has 6 aliphatic rings. The second-order valence-corrected chi connectivity index (χ2v) is 16.7. The molecule has 1 amide bonds. The van der Waals surface area contributed by atoms with Crippen molar-refractivity contribution in [2.75, 3.05) is 19.6 Å². The number of esters is 1. The predicted octanol–water partition coefficient (Wildman–Crippen LogP) is 5.09. The molecule has 2 saturated heterocycles. The van der Waals surface area contributed by atoms with Crippen LogP contribution in [0.3, 0.4) is 0 Å². The van der Waals surface area contributed by atoms with Crippen molar-refractivity contribution in [3.63, 3.8) is 0 Å². The molecule has 2 aliphatic heterocycles. The minimum Gasteiger partial charge on any atom is -0.487 e. The third-order valence-electron chi connectivity index (χ3n) is 10.5. The lowest BCUT2D eigenvalue weighted by molar-refractivity contribution is -0.199. The molecule has 6 fully saturated rings. The molecule has 252 valence electrons. The van der Waals surface area contributed by atoms with Crippen LogP contribution < -0.4 is 15.2 Å². The lowest BCUT2D eigenvalue weighted by Gasteiger charge is -2.64. The summed E-state index contributed by atoms with van der Waals surface area (Å²) in [5, 5.41) is 0. The highest BCUT2D eigenvalue weighted by atomic mass is 16.7.